The van der Waals surface area contributed by atoms with Gasteiger partial charge in [0.2, 0.25) is 5.89 Å². The van der Waals surface area contributed by atoms with Crippen molar-refractivity contribution in [3.63, 3.8) is 0 Å². The van der Waals surface area contributed by atoms with Crippen molar-refractivity contribution in [1.82, 2.24) is 9.97 Å². The number of pyridine rings is 1. The second kappa shape index (κ2) is 6.80. The molecule has 0 bridgehead atoms. The van der Waals surface area contributed by atoms with E-state index in [1.807, 2.05) is 0 Å². The number of nitrogens with one attached hydrogen (secondary N) is 1. The number of aromatic hydroxyl groups is 1. The predicted octanol–water partition coefficient (Wildman–Crippen LogP) is 3.86. The van der Waals surface area contributed by atoms with Crippen molar-refractivity contribution in [2.45, 2.75) is 0 Å². The Hall–Kier alpha value is -3.87. The number of hydrogen-bond acceptors (Lipinski definition) is 6. The molecule has 0 aliphatic rings. The van der Waals surface area contributed by atoms with Crippen LogP contribution in [0.5, 0.6) is 11.5 Å². The van der Waals surface area contributed by atoms with E-state index < -0.39 is 0 Å². The van der Waals surface area contributed by atoms with Crippen LogP contribution in [0.25, 0.3) is 22.7 Å². The molecular weight excluding hydrogens is 346 g/mol. The number of benzene rings is 2. The van der Waals surface area contributed by atoms with E-state index in [1.165, 1.54) is 13.2 Å². The van der Waals surface area contributed by atoms with Gasteiger partial charge in [0.25, 0.3) is 5.91 Å². The fraction of sp³-hybridized carbons (Fsp3) is 0.0500. The summed E-state index contributed by atoms with van der Waals surface area (Å²) < 4.78 is 10.7. The van der Waals surface area contributed by atoms with Crippen molar-refractivity contribution in [1.29, 1.82) is 0 Å². The van der Waals surface area contributed by atoms with Gasteiger partial charge >= 0.3 is 0 Å². The highest BCUT2D eigenvalue weighted by molar-refractivity contribution is 6.05. The molecule has 7 heteroatoms. The summed E-state index contributed by atoms with van der Waals surface area (Å²) >= 11 is 0. The molecule has 2 aromatic heterocycles. The number of fused-ring (bicyclic) bond motifs is 1. The molecule has 27 heavy (non-hydrogen) atoms. The second-order valence-electron chi connectivity index (χ2n) is 5.77. The fourth-order valence-corrected chi connectivity index (χ4v) is 2.66. The Bertz CT molecular complexity index is 1100. The zero-order valence-corrected chi connectivity index (χ0v) is 14.3. The van der Waals surface area contributed by atoms with Crippen LogP contribution in [0, 0.1) is 0 Å². The van der Waals surface area contributed by atoms with E-state index in [2.05, 4.69) is 15.3 Å². The summed E-state index contributed by atoms with van der Waals surface area (Å²) in [5, 5.41) is 12.6. The number of amides is 1. The minimum atomic E-state index is -0.323. The van der Waals surface area contributed by atoms with E-state index in [0.29, 0.717) is 39.7 Å². The van der Waals surface area contributed by atoms with Crippen LogP contribution in [-0.4, -0.2) is 28.1 Å². The quantitative estimate of drug-likeness (QED) is 0.573. The monoisotopic (exact) mass is 361 g/mol. The molecule has 4 rings (SSSR count). The van der Waals surface area contributed by atoms with E-state index in [4.69, 9.17) is 9.15 Å². The molecule has 1 amide bonds. The van der Waals surface area contributed by atoms with E-state index >= 15 is 0 Å². The third-order valence-electron chi connectivity index (χ3n) is 3.97. The number of aromatic nitrogens is 2. The molecule has 0 fully saturated rings. The lowest BCUT2D eigenvalue weighted by atomic mass is 10.1. The van der Waals surface area contributed by atoms with Crippen LogP contribution in [0.4, 0.5) is 5.69 Å². The molecule has 0 saturated carbocycles. The molecule has 134 valence electrons. The molecule has 0 aliphatic carbocycles. The molecule has 0 saturated heterocycles. The molecule has 4 aromatic rings. The minimum absolute atomic E-state index is 0.0528. The van der Waals surface area contributed by atoms with Crippen molar-refractivity contribution in [3.05, 3.63) is 66.4 Å². The van der Waals surface area contributed by atoms with Gasteiger partial charge in [-0.3, -0.25) is 4.79 Å². The van der Waals surface area contributed by atoms with Crippen molar-refractivity contribution in [2.75, 3.05) is 12.4 Å². The first-order chi connectivity index (χ1) is 13.1. The van der Waals surface area contributed by atoms with Crippen LogP contribution < -0.4 is 10.1 Å². The Morgan fingerprint density at radius 3 is 2.81 bits per heavy atom. The van der Waals surface area contributed by atoms with E-state index in [9.17, 15) is 9.90 Å². The summed E-state index contributed by atoms with van der Waals surface area (Å²) in [6.07, 6.45) is 1.64. The summed E-state index contributed by atoms with van der Waals surface area (Å²) in [6, 6.07) is 15.1. The highest BCUT2D eigenvalue weighted by Gasteiger charge is 2.13. The summed E-state index contributed by atoms with van der Waals surface area (Å²) in [4.78, 5) is 21.0. The normalized spacial score (nSPS) is 10.7. The number of anilines is 1. The van der Waals surface area contributed by atoms with Gasteiger partial charge in [0.15, 0.2) is 22.7 Å². The molecule has 0 spiro atoms. The first kappa shape index (κ1) is 16.6. The van der Waals surface area contributed by atoms with Crippen LogP contribution in [0.2, 0.25) is 0 Å². The molecule has 0 aliphatic heterocycles. The summed E-state index contributed by atoms with van der Waals surface area (Å²) in [6.45, 7) is 0. The van der Waals surface area contributed by atoms with Crippen molar-refractivity contribution >= 4 is 22.8 Å². The maximum atomic E-state index is 12.5. The Balaban J connectivity index is 1.60. The van der Waals surface area contributed by atoms with Gasteiger partial charge < -0.3 is 19.6 Å². The number of carbonyl (C=O) groups is 1. The molecule has 0 unspecified atom stereocenters. The topological polar surface area (TPSA) is 97.5 Å². The van der Waals surface area contributed by atoms with Gasteiger partial charge in [-0.2, -0.15) is 4.98 Å². The zero-order valence-electron chi connectivity index (χ0n) is 14.3. The van der Waals surface area contributed by atoms with Crippen LogP contribution in [-0.2, 0) is 0 Å². The van der Waals surface area contributed by atoms with Gasteiger partial charge in [-0.15, -0.1) is 0 Å². The Morgan fingerprint density at radius 2 is 2.04 bits per heavy atom. The van der Waals surface area contributed by atoms with Crippen LogP contribution >= 0.6 is 0 Å². The number of oxazole rings is 1. The van der Waals surface area contributed by atoms with Gasteiger partial charge in [0.1, 0.15) is 0 Å². The van der Waals surface area contributed by atoms with Gasteiger partial charge in [-0.1, -0.05) is 6.07 Å². The molecule has 0 atom stereocenters. The lowest BCUT2D eigenvalue weighted by Gasteiger charge is -2.08. The summed E-state index contributed by atoms with van der Waals surface area (Å²) in [5.74, 6) is 0.346. The Labute approximate surface area is 154 Å². The van der Waals surface area contributed by atoms with Gasteiger partial charge in [0, 0.05) is 29.1 Å². The smallest absolute Gasteiger partial charge is 0.255 e. The van der Waals surface area contributed by atoms with Gasteiger partial charge in [0.05, 0.1) is 7.11 Å². The average molecular weight is 361 g/mol. The standard InChI is InChI=1S/C20H15N3O4/c1-26-16-8-7-14(11-15(16)24)22-19(25)12-4-2-5-13(10-12)20-23-18-17(27-20)6-3-9-21-18/h2-11,24H,1H3,(H,22,25). The van der Waals surface area contributed by atoms with E-state index in [1.54, 1.807) is 54.7 Å². The van der Waals surface area contributed by atoms with Gasteiger partial charge in [-0.25, -0.2) is 4.98 Å². The Kier molecular flexibility index (Phi) is 4.18. The number of phenols is 1. The van der Waals surface area contributed by atoms with Gasteiger partial charge in [-0.05, 0) is 42.5 Å². The number of hydrogen-bond donors (Lipinski definition) is 2. The first-order valence-corrected chi connectivity index (χ1v) is 8.14. The third-order valence-corrected chi connectivity index (χ3v) is 3.97. The molecule has 2 aromatic carbocycles. The van der Waals surface area contributed by atoms with Crippen molar-refractivity contribution in [2.24, 2.45) is 0 Å². The maximum Gasteiger partial charge on any atom is 0.255 e. The maximum absolute atomic E-state index is 12.5. The molecule has 2 N–H and O–H groups in total. The van der Waals surface area contributed by atoms with Crippen LogP contribution in [0.1, 0.15) is 10.4 Å². The highest BCUT2D eigenvalue weighted by atomic mass is 16.5. The van der Waals surface area contributed by atoms with Crippen molar-refractivity contribution < 1.29 is 19.1 Å². The highest BCUT2D eigenvalue weighted by Crippen LogP contribution is 2.29. The van der Waals surface area contributed by atoms with Crippen LogP contribution in [0.15, 0.2) is 65.2 Å². The molecule has 2 heterocycles. The number of rotatable bonds is 4. The lowest BCUT2D eigenvalue weighted by Crippen LogP contribution is -2.11. The largest absolute Gasteiger partial charge is 0.504 e. The second-order valence-corrected chi connectivity index (χ2v) is 5.77. The SMILES string of the molecule is COc1ccc(NC(=O)c2cccc(-c3nc4ncccc4o3)c2)cc1O. The first-order valence-electron chi connectivity index (χ1n) is 8.14. The fourth-order valence-electron chi connectivity index (χ4n) is 2.66. The zero-order chi connectivity index (χ0) is 18.8. The number of ether oxygens (including phenoxy) is 1. The number of methoxy groups -OCH3 is 1. The summed E-state index contributed by atoms with van der Waals surface area (Å²) in [7, 11) is 1.46. The molecule has 0 radical (unpaired) electrons. The molecule has 7 nitrogen and oxygen atoms in total. The average Bonchev–Trinajstić information content (AvgIpc) is 3.12. The van der Waals surface area contributed by atoms with Crippen molar-refractivity contribution in [3.8, 4) is 23.0 Å². The predicted molar refractivity (Wildman–Crippen MR) is 99.9 cm³/mol. The molecular formula is C20H15N3O4. The third kappa shape index (κ3) is 3.30. The number of nitrogens with zero attached hydrogens (tertiary/aromatic N) is 2. The van der Waals surface area contributed by atoms with Crippen LogP contribution in [0.3, 0.4) is 0 Å². The van der Waals surface area contributed by atoms with E-state index in [-0.39, 0.29) is 11.7 Å². The minimum Gasteiger partial charge on any atom is -0.504 e. The number of phenolic OH excluding ortho intramolecular Hbond substituents is 1. The number of carbonyl (C=O) groups excluding carboxylic acids is 1. The Morgan fingerprint density at radius 1 is 1.15 bits per heavy atom. The summed E-state index contributed by atoms with van der Waals surface area (Å²) in [5.41, 5.74) is 2.64. The lowest BCUT2D eigenvalue weighted by molar-refractivity contribution is 0.102. The van der Waals surface area contributed by atoms with E-state index in [0.717, 1.165) is 0 Å².